The minimum absolute atomic E-state index is 0.156. The van der Waals surface area contributed by atoms with Crippen molar-refractivity contribution in [3.8, 4) is 5.75 Å². The van der Waals surface area contributed by atoms with Crippen molar-refractivity contribution < 1.29 is 4.74 Å². The number of para-hydroxylation sites is 1. The lowest BCUT2D eigenvalue weighted by Crippen LogP contribution is -2.35. The van der Waals surface area contributed by atoms with Crippen molar-refractivity contribution in [3.63, 3.8) is 0 Å². The van der Waals surface area contributed by atoms with E-state index in [1.54, 1.807) is 0 Å². The number of aryl methyl sites for hydroxylation is 1. The predicted molar refractivity (Wildman–Crippen MR) is 64.2 cm³/mol. The fourth-order valence-corrected chi connectivity index (χ4v) is 1.79. The molecule has 0 aliphatic rings. The summed E-state index contributed by atoms with van der Waals surface area (Å²) in [6.45, 7) is 8.20. The Kier molecular flexibility index (Phi) is 3.75. The highest BCUT2D eigenvalue weighted by molar-refractivity contribution is 5.32. The number of benzene rings is 1. The zero-order chi connectivity index (χ0) is 11.5. The first-order valence-electron chi connectivity index (χ1n) is 5.41. The molecule has 0 spiro atoms. The topological polar surface area (TPSA) is 35.2 Å². The zero-order valence-corrected chi connectivity index (χ0v) is 10.1. The van der Waals surface area contributed by atoms with Crippen LogP contribution in [0.1, 0.15) is 32.8 Å². The van der Waals surface area contributed by atoms with Gasteiger partial charge in [-0.05, 0) is 39.3 Å². The SMILES string of the molecule is Cc1ccccc1OC(C)(C)CC(C)N. The molecule has 0 aliphatic carbocycles. The van der Waals surface area contributed by atoms with Crippen LogP contribution in [0.3, 0.4) is 0 Å². The summed E-state index contributed by atoms with van der Waals surface area (Å²) >= 11 is 0. The molecular formula is C13H21NO. The van der Waals surface area contributed by atoms with E-state index in [1.165, 1.54) is 0 Å². The number of hydrogen-bond acceptors (Lipinski definition) is 2. The van der Waals surface area contributed by atoms with Gasteiger partial charge in [-0.15, -0.1) is 0 Å². The standard InChI is InChI=1S/C13H21NO/c1-10-7-5-6-8-12(10)15-13(3,4)9-11(2)14/h5-8,11H,9,14H2,1-4H3. The molecule has 1 rings (SSSR count). The molecule has 0 amide bonds. The molecule has 2 N–H and O–H groups in total. The van der Waals surface area contributed by atoms with Gasteiger partial charge in [0.15, 0.2) is 0 Å². The first-order valence-corrected chi connectivity index (χ1v) is 5.41. The summed E-state index contributed by atoms with van der Waals surface area (Å²) in [6, 6.07) is 8.21. The monoisotopic (exact) mass is 207 g/mol. The Bertz CT molecular complexity index is 318. The van der Waals surface area contributed by atoms with Crippen LogP contribution in [0.4, 0.5) is 0 Å². The third kappa shape index (κ3) is 3.92. The summed E-state index contributed by atoms with van der Waals surface area (Å²) in [5.74, 6) is 0.947. The van der Waals surface area contributed by atoms with Gasteiger partial charge in [0.2, 0.25) is 0 Å². The van der Waals surface area contributed by atoms with Crippen LogP contribution in [-0.2, 0) is 0 Å². The molecule has 0 bridgehead atoms. The van der Waals surface area contributed by atoms with Gasteiger partial charge in [-0.2, -0.15) is 0 Å². The third-order valence-corrected chi connectivity index (χ3v) is 2.29. The van der Waals surface area contributed by atoms with E-state index >= 15 is 0 Å². The average Bonchev–Trinajstić information content (AvgIpc) is 2.06. The molecule has 0 heterocycles. The Hall–Kier alpha value is -1.02. The summed E-state index contributed by atoms with van der Waals surface area (Å²) < 4.78 is 5.96. The summed E-state index contributed by atoms with van der Waals surface area (Å²) in [4.78, 5) is 0. The van der Waals surface area contributed by atoms with Crippen LogP contribution in [0.25, 0.3) is 0 Å². The summed E-state index contributed by atoms with van der Waals surface area (Å²) in [5, 5.41) is 0. The van der Waals surface area contributed by atoms with Crippen molar-refractivity contribution in [2.24, 2.45) is 5.73 Å². The second kappa shape index (κ2) is 4.67. The van der Waals surface area contributed by atoms with Gasteiger partial charge in [-0.1, -0.05) is 18.2 Å². The van der Waals surface area contributed by atoms with Gasteiger partial charge in [0.1, 0.15) is 11.4 Å². The van der Waals surface area contributed by atoms with Gasteiger partial charge < -0.3 is 10.5 Å². The van der Waals surface area contributed by atoms with Gasteiger partial charge in [0.25, 0.3) is 0 Å². The van der Waals surface area contributed by atoms with E-state index in [4.69, 9.17) is 10.5 Å². The Labute approximate surface area is 92.4 Å². The normalized spacial score (nSPS) is 13.7. The first-order chi connectivity index (χ1) is 6.91. The lowest BCUT2D eigenvalue weighted by atomic mass is 10.00. The highest BCUT2D eigenvalue weighted by atomic mass is 16.5. The number of nitrogens with two attached hydrogens (primary N) is 1. The molecule has 2 nitrogen and oxygen atoms in total. The molecule has 0 saturated heterocycles. The van der Waals surface area contributed by atoms with Crippen LogP contribution in [0.2, 0.25) is 0 Å². The molecule has 0 aromatic heterocycles. The number of hydrogen-bond donors (Lipinski definition) is 1. The molecular weight excluding hydrogens is 186 g/mol. The first kappa shape index (κ1) is 12.1. The third-order valence-electron chi connectivity index (χ3n) is 2.29. The Morgan fingerprint density at radius 2 is 1.93 bits per heavy atom. The second-order valence-electron chi connectivity index (χ2n) is 4.81. The fourth-order valence-electron chi connectivity index (χ4n) is 1.79. The van der Waals surface area contributed by atoms with Gasteiger partial charge in [0, 0.05) is 12.5 Å². The van der Waals surface area contributed by atoms with E-state index in [1.807, 2.05) is 25.1 Å². The maximum atomic E-state index is 5.96. The summed E-state index contributed by atoms with van der Waals surface area (Å²) in [7, 11) is 0. The van der Waals surface area contributed by atoms with Crippen LogP contribution in [0.5, 0.6) is 5.75 Å². The quantitative estimate of drug-likeness (QED) is 0.824. The number of rotatable bonds is 4. The van der Waals surface area contributed by atoms with Crippen molar-refractivity contribution in [3.05, 3.63) is 29.8 Å². The van der Waals surface area contributed by atoms with Crippen LogP contribution < -0.4 is 10.5 Å². The molecule has 15 heavy (non-hydrogen) atoms. The highest BCUT2D eigenvalue weighted by Gasteiger charge is 2.22. The smallest absolute Gasteiger partial charge is 0.123 e. The van der Waals surface area contributed by atoms with E-state index in [0.29, 0.717) is 0 Å². The van der Waals surface area contributed by atoms with Crippen LogP contribution in [0.15, 0.2) is 24.3 Å². The van der Waals surface area contributed by atoms with Gasteiger partial charge in [-0.25, -0.2) is 0 Å². The Morgan fingerprint density at radius 3 is 2.47 bits per heavy atom. The van der Waals surface area contributed by atoms with Gasteiger partial charge >= 0.3 is 0 Å². The molecule has 0 fully saturated rings. The van der Waals surface area contributed by atoms with Crippen molar-refractivity contribution in [2.75, 3.05) is 0 Å². The molecule has 1 aromatic rings. The Balaban J connectivity index is 2.73. The predicted octanol–water partition coefficient (Wildman–Crippen LogP) is 2.89. The summed E-state index contributed by atoms with van der Waals surface area (Å²) in [6.07, 6.45) is 0.849. The van der Waals surface area contributed by atoms with Crippen molar-refractivity contribution in [1.29, 1.82) is 0 Å². The molecule has 1 atom stereocenters. The fraction of sp³-hybridized carbons (Fsp3) is 0.538. The molecule has 0 radical (unpaired) electrons. The van der Waals surface area contributed by atoms with Crippen LogP contribution in [0, 0.1) is 6.92 Å². The molecule has 1 aromatic carbocycles. The lowest BCUT2D eigenvalue weighted by Gasteiger charge is -2.28. The van der Waals surface area contributed by atoms with Crippen molar-refractivity contribution in [1.82, 2.24) is 0 Å². The minimum Gasteiger partial charge on any atom is -0.488 e. The van der Waals surface area contributed by atoms with Gasteiger partial charge in [-0.3, -0.25) is 0 Å². The number of ether oxygens (including phenoxy) is 1. The second-order valence-corrected chi connectivity index (χ2v) is 4.81. The molecule has 84 valence electrons. The largest absolute Gasteiger partial charge is 0.488 e. The maximum absolute atomic E-state index is 5.96. The zero-order valence-electron chi connectivity index (χ0n) is 10.1. The molecule has 0 aliphatic heterocycles. The minimum atomic E-state index is -0.208. The highest BCUT2D eigenvalue weighted by Crippen LogP contribution is 2.24. The summed E-state index contributed by atoms with van der Waals surface area (Å²) in [5.41, 5.74) is 6.74. The van der Waals surface area contributed by atoms with Crippen molar-refractivity contribution >= 4 is 0 Å². The van der Waals surface area contributed by atoms with E-state index in [2.05, 4.69) is 26.8 Å². The van der Waals surface area contributed by atoms with E-state index in [0.717, 1.165) is 17.7 Å². The van der Waals surface area contributed by atoms with E-state index in [9.17, 15) is 0 Å². The van der Waals surface area contributed by atoms with Crippen molar-refractivity contribution in [2.45, 2.75) is 45.8 Å². The van der Waals surface area contributed by atoms with Crippen LogP contribution in [-0.4, -0.2) is 11.6 Å². The maximum Gasteiger partial charge on any atom is 0.123 e. The van der Waals surface area contributed by atoms with Gasteiger partial charge in [0.05, 0.1) is 0 Å². The average molecular weight is 207 g/mol. The molecule has 1 unspecified atom stereocenters. The van der Waals surface area contributed by atoms with E-state index < -0.39 is 0 Å². The molecule has 2 heteroatoms. The van der Waals surface area contributed by atoms with E-state index in [-0.39, 0.29) is 11.6 Å². The molecule has 0 saturated carbocycles. The lowest BCUT2D eigenvalue weighted by molar-refractivity contribution is 0.0924. The van der Waals surface area contributed by atoms with Crippen LogP contribution >= 0.6 is 0 Å². The Morgan fingerprint density at radius 1 is 1.33 bits per heavy atom.